The minimum Gasteiger partial charge on any atom is -0.294 e. The fourth-order valence-corrected chi connectivity index (χ4v) is 5.90. The minimum absolute atomic E-state index is 0.127. The van der Waals surface area contributed by atoms with Crippen molar-refractivity contribution in [2.75, 3.05) is 4.90 Å². The van der Waals surface area contributed by atoms with Crippen LogP contribution in [-0.4, -0.2) is 31.8 Å². The van der Waals surface area contributed by atoms with Gasteiger partial charge in [-0.25, -0.2) is 12.8 Å². The van der Waals surface area contributed by atoms with Gasteiger partial charge >= 0.3 is 6.18 Å². The van der Waals surface area contributed by atoms with Crippen molar-refractivity contribution in [2.45, 2.75) is 43.3 Å². The molecule has 186 valence electrons. The fourth-order valence-electron chi connectivity index (χ4n) is 4.45. The van der Waals surface area contributed by atoms with Crippen molar-refractivity contribution in [1.29, 1.82) is 0 Å². The summed E-state index contributed by atoms with van der Waals surface area (Å²) >= 11 is 5.76. The molecule has 12 heteroatoms. The van der Waals surface area contributed by atoms with Crippen LogP contribution in [0.4, 0.5) is 23.2 Å². The molecule has 0 spiro atoms. The molecule has 2 aliphatic rings. The van der Waals surface area contributed by atoms with E-state index >= 15 is 0 Å². The lowest BCUT2D eigenvalue weighted by Crippen LogP contribution is -2.66. The van der Waals surface area contributed by atoms with Crippen molar-refractivity contribution in [3.05, 3.63) is 70.6 Å². The maximum atomic E-state index is 14.8. The normalized spacial score (nSPS) is 22.5. The highest BCUT2D eigenvalue weighted by Crippen LogP contribution is 2.53. The van der Waals surface area contributed by atoms with E-state index in [1.54, 1.807) is 13.8 Å². The van der Waals surface area contributed by atoms with Gasteiger partial charge in [-0.2, -0.15) is 17.9 Å². The van der Waals surface area contributed by atoms with Gasteiger partial charge < -0.3 is 0 Å². The number of nitrogens with zero attached hydrogens (tertiary/aromatic N) is 1. The molecule has 0 aromatic heterocycles. The third-order valence-electron chi connectivity index (χ3n) is 5.94. The van der Waals surface area contributed by atoms with Gasteiger partial charge in [0.1, 0.15) is 5.82 Å². The van der Waals surface area contributed by atoms with Crippen LogP contribution in [0.5, 0.6) is 0 Å². The molecular weight excluding hydrogens is 512 g/mol. The Morgan fingerprint density at radius 2 is 1.54 bits per heavy atom. The van der Waals surface area contributed by atoms with Crippen molar-refractivity contribution in [3.63, 3.8) is 0 Å². The van der Waals surface area contributed by atoms with E-state index in [1.165, 1.54) is 4.72 Å². The minimum atomic E-state index is -5.53. The average Bonchev–Trinajstić information content (AvgIpc) is 2.96. The summed E-state index contributed by atoms with van der Waals surface area (Å²) in [6, 6.07) is 8.36. The first-order valence-corrected chi connectivity index (χ1v) is 12.2. The highest BCUT2D eigenvalue weighted by Gasteiger charge is 2.72. The van der Waals surface area contributed by atoms with E-state index in [2.05, 4.69) is 0 Å². The number of Topliss-reactive ketones (excluding diaryl/α,β-unsaturated/α-hetero) is 1. The number of rotatable bonds is 4. The van der Waals surface area contributed by atoms with E-state index in [1.807, 2.05) is 0 Å². The van der Waals surface area contributed by atoms with Crippen LogP contribution in [0.25, 0.3) is 0 Å². The molecule has 1 atom stereocenters. The summed E-state index contributed by atoms with van der Waals surface area (Å²) in [4.78, 5) is 26.8. The fraction of sp³-hybridized carbons (Fsp3) is 0.304. The van der Waals surface area contributed by atoms with Gasteiger partial charge in [-0.3, -0.25) is 14.5 Å². The van der Waals surface area contributed by atoms with E-state index < -0.39 is 55.1 Å². The average molecular weight is 531 g/mol. The van der Waals surface area contributed by atoms with Crippen LogP contribution in [0.15, 0.2) is 64.7 Å². The SMILES string of the molecule is CC1(C)CC(=O)C2=C(C1)N(c1ccc(F)cc1)C(=O)[C@]2(NS(=O)(=O)c1ccc(Cl)cc1)C(F)(F)F. The largest absolute Gasteiger partial charge is 0.421 e. The number of benzene rings is 2. The Morgan fingerprint density at radius 1 is 0.971 bits per heavy atom. The first-order chi connectivity index (χ1) is 16.1. The molecule has 1 heterocycles. The molecule has 6 nitrogen and oxygen atoms in total. The molecule has 0 saturated carbocycles. The zero-order valence-corrected chi connectivity index (χ0v) is 20.0. The van der Waals surface area contributed by atoms with Gasteiger partial charge in [0.05, 0.1) is 10.5 Å². The third kappa shape index (κ3) is 4.15. The van der Waals surface area contributed by atoms with E-state index in [-0.39, 0.29) is 29.2 Å². The topological polar surface area (TPSA) is 83.6 Å². The highest BCUT2D eigenvalue weighted by molar-refractivity contribution is 7.89. The van der Waals surface area contributed by atoms with Crippen LogP contribution in [-0.2, 0) is 19.6 Å². The predicted octanol–water partition coefficient (Wildman–Crippen LogP) is 4.75. The van der Waals surface area contributed by atoms with Crippen LogP contribution >= 0.6 is 11.6 Å². The monoisotopic (exact) mass is 530 g/mol. The molecule has 0 radical (unpaired) electrons. The summed E-state index contributed by atoms with van der Waals surface area (Å²) in [5, 5.41) is 0.142. The molecular formula is C23H19ClF4N2O4S. The molecule has 2 aromatic rings. The number of carbonyl (C=O) groups is 2. The van der Waals surface area contributed by atoms with Gasteiger partial charge in [0.25, 0.3) is 5.91 Å². The zero-order valence-electron chi connectivity index (χ0n) is 18.4. The molecule has 1 amide bonds. The number of amides is 1. The van der Waals surface area contributed by atoms with E-state index in [0.717, 1.165) is 48.5 Å². The van der Waals surface area contributed by atoms with Crippen LogP contribution in [0.2, 0.25) is 5.02 Å². The molecule has 0 fully saturated rings. The number of nitrogens with one attached hydrogen (secondary N) is 1. The summed E-state index contributed by atoms with van der Waals surface area (Å²) in [6.07, 6.45) is -6.00. The van der Waals surface area contributed by atoms with Crippen molar-refractivity contribution >= 4 is 39.0 Å². The Balaban J connectivity index is 1.98. The number of anilines is 1. The second-order valence-corrected chi connectivity index (χ2v) is 11.3. The van der Waals surface area contributed by atoms with Crippen LogP contribution in [0, 0.1) is 11.2 Å². The third-order valence-corrected chi connectivity index (χ3v) is 7.66. The van der Waals surface area contributed by atoms with E-state index in [0.29, 0.717) is 4.90 Å². The molecule has 0 unspecified atom stereocenters. The summed E-state index contributed by atoms with van der Waals surface area (Å²) < 4.78 is 85.7. The van der Waals surface area contributed by atoms with Crippen LogP contribution < -0.4 is 9.62 Å². The second kappa shape index (κ2) is 8.14. The van der Waals surface area contributed by atoms with Crippen molar-refractivity contribution in [3.8, 4) is 0 Å². The summed E-state index contributed by atoms with van der Waals surface area (Å²) in [7, 11) is -4.97. The first kappa shape index (κ1) is 25.3. The lowest BCUT2D eigenvalue weighted by atomic mass is 9.72. The molecule has 2 aromatic carbocycles. The zero-order chi connectivity index (χ0) is 26.0. The lowest BCUT2D eigenvalue weighted by Gasteiger charge is -2.35. The van der Waals surface area contributed by atoms with Gasteiger partial charge in [-0.05, 0) is 60.4 Å². The van der Waals surface area contributed by atoms with E-state index in [9.17, 15) is 35.6 Å². The molecule has 1 N–H and O–H groups in total. The molecule has 0 saturated heterocycles. The Labute approximate surface area is 203 Å². The quantitative estimate of drug-likeness (QED) is 0.578. The summed E-state index contributed by atoms with van der Waals surface area (Å²) in [5.41, 5.74) is -6.07. The lowest BCUT2D eigenvalue weighted by molar-refractivity contribution is -0.184. The Bertz CT molecular complexity index is 1350. The number of halogens is 5. The van der Waals surface area contributed by atoms with Gasteiger partial charge in [0, 0.05) is 22.8 Å². The summed E-state index contributed by atoms with van der Waals surface area (Å²) in [5.74, 6) is -3.42. The molecule has 1 aliphatic carbocycles. The Kier molecular flexibility index (Phi) is 5.89. The summed E-state index contributed by atoms with van der Waals surface area (Å²) in [6.45, 7) is 3.29. The predicted molar refractivity (Wildman–Crippen MR) is 119 cm³/mol. The first-order valence-electron chi connectivity index (χ1n) is 10.3. The van der Waals surface area contributed by atoms with Crippen molar-refractivity contribution in [1.82, 2.24) is 4.72 Å². The molecule has 4 rings (SSSR count). The van der Waals surface area contributed by atoms with Gasteiger partial charge in [-0.1, -0.05) is 25.4 Å². The molecule has 1 aliphatic heterocycles. The van der Waals surface area contributed by atoms with E-state index in [4.69, 9.17) is 11.6 Å². The van der Waals surface area contributed by atoms with Gasteiger partial charge in [0.2, 0.25) is 15.6 Å². The number of allylic oxidation sites excluding steroid dienone is 1. The Hall–Kier alpha value is -2.76. The van der Waals surface area contributed by atoms with Crippen molar-refractivity contribution in [2.24, 2.45) is 5.41 Å². The van der Waals surface area contributed by atoms with Crippen molar-refractivity contribution < 1.29 is 35.6 Å². The molecule has 35 heavy (non-hydrogen) atoms. The van der Waals surface area contributed by atoms with Crippen LogP contribution in [0.3, 0.4) is 0 Å². The number of hydrogen-bond donors (Lipinski definition) is 1. The maximum absolute atomic E-state index is 14.8. The number of hydrogen-bond acceptors (Lipinski definition) is 4. The maximum Gasteiger partial charge on any atom is 0.421 e. The molecule has 0 bridgehead atoms. The van der Waals surface area contributed by atoms with Crippen LogP contribution in [0.1, 0.15) is 26.7 Å². The second-order valence-electron chi connectivity index (χ2n) is 9.19. The van der Waals surface area contributed by atoms with Gasteiger partial charge in [0.15, 0.2) is 5.78 Å². The number of sulfonamides is 1. The highest BCUT2D eigenvalue weighted by atomic mass is 35.5. The number of ketones is 1. The van der Waals surface area contributed by atoms with Gasteiger partial charge in [-0.15, -0.1) is 0 Å². The number of alkyl halides is 3. The standard InChI is InChI=1S/C23H19ClF4N2O4S/c1-21(2)11-17-19(18(31)12-21)22(23(26,27)28,20(32)30(17)15-7-5-14(25)6-8-15)29-35(33,34)16-9-3-13(24)4-10-16/h3-10,29H,11-12H2,1-2H3/t22-/m0/s1. The number of carbonyl (C=O) groups excluding carboxylic acids is 2. The smallest absolute Gasteiger partial charge is 0.294 e. The Morgan fingerprint density at radius 3 is 2.09 bits per heavy atom.